The van der Waals surface area contributed by atoms with Gasteiger partial charge in [0.15, 0.2) is 0 Å². The fraction of sp³-hybridized carbons (Fsp3) is 0.800. The number of aromatic nitrogens is 2. The van der Waals surface area contributed by atoms with Gasteiger partial charge in [-0.1, -0.05) is 6.92 Å². The highest BCUT2D eigenvalue weighted by Gasteiger charge is 2.17. The quantitative estimate of drug-likeness (QED) is 0.793. The highest BCUT2D eigenvalue weighted by Crippen LogP contribution is 2.12. The maximum absolute atomic E-state index is 9.47. The number of hydrogen-bond acceptors (Lipinski definition) is 6. The summed E-state index contributed by atoms with van der Waals surface area (Å²) in [5.41, 5.74) is 0. The zero-order chi connectivity index (χ0) is 11.4. The zero-order valence-electron chi connectivity index (χ0n) is 9.43. The summed E-state index contributed by atoms with van der Waals surface area (Å²) in [6, 6.07) is 0. The second kappa shape index (κ2) is 5.27. The van der Waals surface area contributed by atoms with Crippen LogP contribution in [0.3, 0.4) is 0 Å². The Bertz CT molecular complexity index is 323. The number of aliphatic hydroxyl groups is 1. The molecule has 1 aliphatic rings. The van der Waals surface area contributed by atoms with Gasteiger partial charge in [0.25, 0.3) is 5.95 Å². The van der Waals surface area contributed by atoms with Gasteiger partial charge in [-0.2, -0.15) is 4.98 Å². The lowest BCUT2D eigenvalue weighted by atomic mass is 10.2. The van der Waals surface area contributed by atoms with Gasteiger partial charge in [0.2, 0.25) is 5.89 Å². The predicted molar refractivity (Wildman–Crippen MR) is 57.3 cm³/mol. The summed E-state index contributed by atoms with van der Waals surface area (Å²) in [6.45, 7) is 4.89. The van der Waals surface area contributed by atoms with Crippen molar-refractivity contribution in [3.63, 3.8) is 0 Å². The zero-order valence-corrected chi connectivity index (χ0v) is 9.43. The third-order valence-electron chi connectivity index (χ3n) is 2.63. The lowest BCUT2D eigenvalue weighted by Gasteiger charge is -2.24. The Kier molecular flexibility index (Phi) is 3.74. The smallest absolute Gasteiger partial charge is 0.266 e. The van der Waals surface area contributed by atoms with E-state index in [1.165, 1.54) is 0 Å². The van der Waals surface area contributed by atoms with E-state index in [0.717, 1.165) is 13.1 Å². The van der Waals surface area contributed by atoms with E-state index in [0.29, 0.717) is 37.9 Å². The molecule has 1 unspecified atom stereocenters. The molecule has 0 spiro atoms. The van der Waals surface area contributed by atoms with Gasteiger partial charge < -0.3 is 19.3 Å². The highest BCUT2D eigenvalue weighted by molar-refractivity contribution is 5.27. The summed E-state index contributed by atoms with van der Waals surface area (Å²) in [7, 11) is 0. The van der Waals surface area contributed by atoms with Crippen molar-refractivity contribution >= 4 is 5.95 Å². The molecule has 1 N–H and O–H groups in total. The van der Waals surface area contributed by atoms with E-state index in [9.17, 15) is 5.11 Å². The van der Waals surface area contributed by atoms with E-state index in [2.05, 4.69) is 10.1 Å². The van der Waals surface area contributed by atoms with Crippen molar-refractivity contribution in [2.75, 3.05) is 31.2 Å². The minimum Gasteiger partial charge on any atom is -0.393 e. The predicted octanol–water partition coefficient (Wildman–Crippen LogP) is 0.220. The molecule has 0 amide bonds. The average Bonchev–Trinajstić information content (AvgIpc) is 2.78. The van der Waals surface area contributed by atoms with E-state index in [1.807, 2.05) is 11.8 Å². The van der Waals surface area contributed by atoms with Crippen LogP contribution in [-0.4, -0.2) is 47.7 Å². The summed E-state index contributed by atoms with van der Waals surface area (Å²) < 4.78 is 10.3. The lowest BCUT2D eigenvalue weighted by molar-refractivity contribution is 0.121. The number of ether oxygens (including phenoxy) is 1. The van der Waals surface area contributed by atoms with Gasteiger partial charge in [-0.15, -0.1) is 0 Å². The van der Waals surface area contributed by atoms with Crippen LogP contribution in [0, 0.1) is 0 Å². The SMILES string of the molecule is CCC(O)Cc1nc(N2CCOCC2)no1. The van der Waals surface area contributed by atoms with Gasteiger partial charge in [-0.3, -0.25) is 0 Å². The molecular weight excluding hydrogens is 210 g/mol. The molecule has 1 atom stereocenters. The molecule has 2 heterocycles. The van der Waals surface area contributed by atoms with E-state index in [4.69, 9.17) is 9.26 Å². The van der Waals surface area contributed by atoms with Crippen LogP contribution in [0.4, 0.5) is 5.95 Å². The number of morpholine rings is 1. The molecule has 6 heteroatoms. The molecule has 0 radical (unpaired) electrons. The maximum Gasteiger partial charge on any atom is 0.266 e. The van der Waals surface area contributed by atoms with E-state index < -0.39 is 6.10 Å². The summed E-state index contributed by atoms with van der Waals surface area (Å²) in [5.74, 6) is 1.09. The van der Waals surface area contributed by atoms with E-state index in [-0.39, 0.29) is 0 Å². The van der Waals surface area contributed by atoms with Crippen LogP contribution in [0.5, 0.6) is 0 Å². The van der Waals surface area contributed by atoms with Crippen molar-refractivity contribution in [2.45, 2.75) is 25.9 Å². The van der Waals surface area contributed by atoms with Crippen molar-refractivity contribution in [1.29, 1.82) is 0 Å². The first-order valence-electron chi connectivity index (χ1n) is 5.63. The molecule has 6 nitrogen and oxygen atoms in total. The van der Waals surface area contributed by atoms with Gasteiger partial charge >= 0.3 is 0 Å². The van der Waals surface area contributed by atoms with Gasteiger partial charge in [0.05, 0.1) is 25.7 Å². The number of rotatable bonds is 4. The third kappa shape index (κ3) is 2.70. The molecule has 0 bridgehead atoms. The van der Waals surface area contributed by atoms with E-state index in [1.54, 1.807) is 0 Å². The first-order valence-corrected chi connectivity index (χ1v) is 5.63. The second-order valence-electron chi connectivity index (χ2n) is 3.85. The first-order chi connectivity index (χ1) is 7.79. The lowest BCUT2D eigenvalue weighted by Crippen LogP contribution is -2.36. The summed E-state index contributed by atoms with van der Waals surface area (Å²) in [4.78, 5) is 6.28. The first kappa shape index (κ1) is 11.3. The topological polar surface area (TPSA) is 71.6 Å². The summed E-state index contributed by atoms with van der Waals surface area (Å²) >= 11 is 0. The van der Waals surface area contributed by atoms with Gasteiger partial charge in [0, 0.05) is 13.1 Å². The van der Waals surface area contributed by atoms with Crippen LogP contribution >= 0.6 is 0 Å². The van der Waals surface area contributed by atoms with Gasteiger partial charge in [-0.25, -0.2) is 0 Å². The Morgan fingerprint density at radius 3 is 2.88 bits per heavy atom. The number of nitrogens with zero attached hydrogens (tertiary/aromatic N) is 3. The summed E-state index contributed by atoms with van der Waals surface area (Å²) in [6.07, 6.45) is 0.710. The second-order valence-corrected chi connectivity index (χ2v) is 3.85. The molecule has 1 fully saturated rings. The Hall–Kier alpha value is -1.14. The van der Waals surface area contributed by atoms with Crippen LogP contribution in [0.2, 0.25) is 0 Å². The van der Waals surface area contributed by atoms with Crippen molar-refractivity contribution in [1.82, 2.24) is 10.1 Å². The molecule has 0 aromatic carbocycles. The third-order valence-corrected chi connectivity index (χ3v) is 2.63. The Labute approximate surface area is 94.2 Å². The van der Waals surface area contributed by atoms with Crippen molar-refractivity contribution in [3.8, 4) is 0 Å². The normalized spacial score (nSPS) is 18.8. The van der Waals surface area contributed by atoms with Crippen molar-refractivity contribution in [2.24, 2.45) is 0 Å². The molecule has 2 rings (SSSR count). The van der Waals surface area contributed by atoms with E-state index >= 15 is 0 Å². The molecule has 0 saturated carbocycles. The minimum atomic E-state index is -0.405. The standard InChI is InChI=1S/C10H17N3O3/c1-2-8(14)7-9-11-10(12-16-9)13-3-5-15-6-4-13/h8,14H,2-7H2,1H3. The minimum absolute atomic E-state index is 0.405. The molecule has 1 aromatic heterocycles. The van der Waals surface area contributed by atoms with Crippen LogP contribution in [0.15, 0.2) is 4.52 Å². The fourth-order valence-electron chi connectivity index (χ4n) is 1.57. The van der Waals surface area contributed by atoms with Gasteiger partial charge in [-0.05, 0) is 11.6 Å². The Morgan fingerprint density at radius 1 is 1.44 bits per heavy atom. The number of hydrogen-bond donors (Lipinski definition) is 1. The molecule has 16 heavy (non-hydrogen) atoms. The average molecular weight is 227 g/mol. The number of aliphatic hydroxyl groups excluding tert-OH is 1. The van der Waals surface area contributed by atoms with Crippen molar-refractivity contribution < 1.29 is 14.4 Å². The van der Waals surface area contributed by atoms with Gasteiger partial charge in [0.1, 0.15) is 0 Å². The van der Waals surface area contributed by atoms with Crippen molar-refractivity contribution in [3.05, 3.63) is 5.89 Å². The van der Waals surface area contributed by atoms with Crippen LogP contribution in [0.25, 0.3) is 0 Å². The molecule has 90 valence electrons. The molecule has 1 saturated heterocycles. The largest absolute Gasteiger partial charge is 0.393 e. The molecular formula is C10H17N3O3. The molecule has 1 aromatic rings. The Balaban J connectivity index is 1.95. The number of anilines is 1. The highest BCUT2D eigenvalue weighted by atomic mass is 16.5. The molecule has 0 aliphatic carbocycles. The summed E-state index contributed by atoms with van der Waals surface area (Å²) in [5, 5.41) is 13.4. The fourth-order valence-corrected chi connectivity index (χ4v) is 1.57. The van der Waals surface area contributed by atoms with Crippen LogP contribution in [-0.2, 0) is 11.2 Å². The maximum atomic E-state index is 9.47. The van der Waals surface area contributed by atoms with Crippen LogP contribution < -0.4 is 4.90 Å². The Morgan fingerprint density at radius 2 is 2.19 bits per heavy atom. The molecule has 1 aliphatic heterocycles. The monoisotopic (exact) mass is 227 g/mol. The van der Waals surface area contributed by atoms with Crippen LogP contribution in [0.1, 0.15) is 19.2 Å².